The highest BCUT2D eigenvalue weighted by Crippen LogP contribution is 2.23. The molecule has 0 bridgehead atoms. The van der Waals surface area contributed by atoms with Gasteiger partial charge in [0.05, 0.1) is 6.61 Å². The van der Waals surface area contributed by atoms with Crippen LogP contribution in [0.15, 0.2) is 6.07 Å². The topological polar surface area (TPSA) is 65.2 Å². The molecule has 0 amide bonds. The Morgan fingerprint density at radius 1 is 1.59 bits per heavy atom. The average molecular weight is 248 g/mol. The summed E-state index contributed by atoms with van der Waals surface area (Å²) < 4.78 is 43.1. The Morgan fingerprint density at radius 2 is 2.24 bits per heavy atom. The minimum Gasteiger partial charge on any atom is -0.461 e. The lowest BCUT2D eigenvalue weighted by Crippen LogP contribution is -2.14. The maximum Gasteiger partial charge on any atom is 0.360 e. The third kappa shape index (κ3) is 2.94. The van der Waals surface area contributed by atoms with E-state index in [1.54, 1.807) is 0 Å². The first-order valence-electron chi connectivity index (χ1n) is 4.85. The minimum atomic E-state index is -2.93. The molecule has 0 aliphatic rings. The summed E-state index contributed by atoms with van der Waals surface area (Å²) in [5.41, 5.74) is 3.60. The molecular formula is C10H11F3N2O2. The predicted molar refractivity (Wildman–Crippen MR) is 53.0 cm³/mol. The van der Waals surface area contributed by atoms with Gasteiger partial charge in [0.25, 0.3) is 6.43 Å². The van der Waals surface area contributed by atoms with Crippen molar-refractivity contribution < 1.29 is 22.7 Å². The second kappa shape index (κ2) is 5.62. The number of alkyl halides is 2. The van der Waals surface area contributed by atoms with E-state index in [2.05, 4.69) is 9.72 Å². The van der Waals surface area contributed by atoms with Crippen LogP contribution >= 0.6 is 0 Å². The lowest BCUT2D eigenvalue weighted by atomic mass is 10.1. The monoisotopic (exact) mass is 248 g/mol. The Kier molecular flexibility index (Phi) is 4.45. The summed E-state index contributed by atoms with van der Waals surface area (Å²) in [7, 11) is 0. The van der Waals surface area contributed by atoms with Crippen LogP contribution in [0.5, 0.6) is 0 Å². The highest BCUT2D eigenvalue weighted by molar-refractivity contribution is 5.87. The number of nitrogens with zero attached hydrogens (tertiary/aromatic N) is 1. The number of carbonyl (C=O) groups is 1. The maximum atomic E-state index is 13.4. The van der Waals surface area contributed by atoms with Crippen molar-refractivity contribution in [2.45, 2.75) is 19.9 Å². The van der Waals surface area contributed by atoms with E-state index in [1.807, 2.05) is 0 Å². The fraction of sp³-hybridized carbons (Fsp3) is 0.400. The molecule has 0 spiro atoms. The third-order valence-corrected chi connectivity index (χ3v) is 1.98. The number of ether oxygens (including phenoxy) is 1. The molecule has 0 saturated carbocycles. The van der Waals surface area contributed by atoms with Gasteiger partial charge in [0.2, 0.25) is 0 Å². The summed E-state index contributed by atoms with van der Waals surface area (Å²) in [6, 6.07) is 0.779. The first kappa shape index (κ1) is 13.4. The summed E-state index contributed by atoms with van der Waals surface area (Å²) in [6.07, 6.45) is -2.93. The zero-order chi connectivity index (χ0) is 13.0. The van der Waals surface area contributed by atoms with Gasteiger partial charge in [-0.25, -0.2) is 22.9 Å². The van der Waals surface area contributed by atoms with Crippen molar-refractivity contribution in [3.8, 4) is 0 Å². The summed E-state index contributed by atoms with van der Waals surface area (Å²) in [5, 5.41) is 0. The second-order valence-electron chi connectivity index (χ2n) is 3.09. The van der Waals surface area contributed by atoms with E-state index in [9.17, 15) is 18.0 Å². The molecule has 0 saturated heterocycles. The molecule has 1 rings (SSSR count). The van der Waals surface area contributed by atoms with Gasteiger partial charge >= 0.3 is 5.97 Å². The van der Waals surface area contributed by atoms with E-state index >= 15 is 0 Å². The fourth-order valence-electron chi connectivity index (χ4n) is 1.24. The van der Waals surface area contributed by atoms with Crippen molar-refractivity contribution >= 4 is 5.97 Å². The average Bonchev–Trinajstić information content (AvgIpc) is 2.28. The number of carbonyl (C=O) groups excluding carboxylic acids is 1. The highest BCUT2D eigenvalue weighted by atomic mass is 19.3. The summed E-state index contributed by atoms with van der Waals surface area (Å²) >= 11 is 0. The summed E-state index contributed by atoms with van der Waals surface area (Å²) in [6.45, 7) is 1.23. The molecular weight excluding hydrogens is 237 g/mol. The van der Waals surface area contributed by atoms with E-state index in [1.165, 1.54) is 6.92 Å². The van der Waals surface area contributed by atoms with Crippen LogP contribution in [0, 0.1) is 5.82 Å². The van der Waals surface area contributed by atoms with Crippen molar-refractivity contribution in [2.24, 2.45) is 5.73 Å². The normalized spacial score (nSPS) is 10.7. The number of rotatable bonds is 4. The largest absolute Gasteiger partial charge is 0.461 e. The molecule has 1 aromatic heterocycles. The van der Waals surface area contributed by atoms with E-state index in [0.29, 0.717) is 0 Å². The van der Waals surface area contributed by atoms with Crippen molar-refractivity contribution in [2.75, 3.05) is 6.61 Å². The second-order valence-corrected chi connectivity index (χ2v) is 3.09. The molecule has 1 aromatic rings. The number of esters is 1. The lowest BCUT2D eigenvalue weighted by Gasteiger charge is -2.09. The van der Waals surface area contributed by atoms with Crippen LogP contribution < -0.4 is 5.73 Å². The van der Waals surface area contributed by atoms with Crippen LogP contribution in [0.4, 0.5) is 13.2 Å². The Hall–Kier alpha value is -1.63. The van der Waals surface area contributed by atoms with Gasteiger partial charge in [-0.15, -0.1) is 0 Å². The Labute approximate surface area is 95.6 Å². The molecule has 17 heavy (non-hydrogen) atoms. The van der Waals surface area contributed by atoms with Crippen LogP contribution in [0.25, 0.3) is 0 Å². The Balaban J connectivity index is 3.24. The number of aromatic nitrogens is 1. The van der Waals surface area contributed by atoms with Gasteiger partial charge < -0.3 is 10.5 Å². The van der Waals surface area contributed by atoms with Gasteiger partial charge in [-0.1, -0.05) is 0 Å². The zero-order valence-electron chi connectivity index (χ0n) is 9.04. The van der Waals surface area contributed by atoms with Gasteiger partial charge in [0, 0.05) is 6.54 Å². The zero-order valence-corrected chi connectivity index (χ0v) is 9.04. The van der Waals surface area contributed by atoms with Gasteiger partial charge in [-0.3, -0.25) is 0 Å². The van der Waals surface area contributed by atoms with E-state index in [-0.39, 0.29) is 18.7 Å². The van der Waals surface area contributed by atoms with Crippen molar-refractivity contribution in [3.05, 3.63) is 28.8 Å². The smallest absolute Gasteiger partial charge is 0.360 e. The number of pyridine rings is 1. The van der Waals surface area contributed by atoms with Crippen LogP contribution in [-0.4, -0.2) is 17.6 Å². The Bertz CT molecular complexity index is 424. The Morgan fingerprint density at radius 3 is 2.71 bits per heavy atom. The van der Waals surface area contributed by atoms with Crippen molar-refractivity contribution in [1.29, 1.82) is 0 Å². The molecule has 1 heterocycles. The van der Waals surface area contributed by atoms with Crippen LogP contribution in [-0.2, 0) is 11.3 Å². The fourth-order valence-corrected chi connectivity index (χ4v) is 1.24. The third-order valence-electron chi connectivity index (χ3n) is 1.98. The number of nitrogens with two attached hydrogens (primary N) is 1. The molecule has 2 N–H and O–H groups in total. The summed E-state index contributed by atoms with van der Waals surface area (Å²) in [5.74, 6) is -2.09. The standard InChI is InChI=1S/C10H11F3N2O2/c1-2-17-10(16)8-6(11)3-5(4-14)7(15-8)9(12)13/h3,9H,2,4,14H2,1H3. The van der Waals surface area contributed by atoms with Crippen LogP contribution in [0.1, 0.15) is 35.1 Å². The lowest BCUT2D eigenvalue weighted by molar-refractivity contribution is 0.0511. The first-order chi connectivity index (χ1) is 8.01. The number of hydrogen-bond donors (Lipinski definition) is 1. The molecule has 0 aliphatic heterocycles. The van der Waals surface area contributed by atoms with Gasteiger partial charge in [0.1, 0.15) is 5.69 Å². The minimum absolute atomic E-state index is 0.00258. The quantitative estimate of drug-likeness (QED) is 0.825. The molecule has 0 unspecified atom stereocenters. The van der Waals surface area contributed by atoms with Gasteiger partial charge in [-0.05, 0) is 18.6 Å². The number of hydrogen-bond acceptors (Lipinski definition) is 4. The predicted octanol–water partition coefficient (Wildman–Crippen LogP) is 1.79. The maximum absolute atomic E-state index is 13.4. The summed E-state index contributed by atoms with van der Waals surface area (Å²) in [4.78, 5) is 14.5. The highest BCUT2D eigenvalue weighted by Gasteiger charge is 2.22. The molecule has 94 valence electrons. The molecule has 0 atom stereocenters. The first-order valence-corrected chi connectivity index (χ1v) is 4.85. The molecule has 0 aliphatic carbocycles. The van der Waals surface area contributed by atoms with Crippen LogP contribution in [0.2, 0.25) is 0 Å². The molecule has 7 heteroatoms. The molecule has 0 aromatic carbocycles. The van der Waals surface area contributed by atoms with Gasteiger partial charge in [-0.2, -0.15) is 0 Å². The van der Waals surface area contributed by atoms with Crippen LogP contribution in [0.3, 0.4) is 0 Å². The van der Waals surface area contributed by atoms with Gasteiger partial charge in [0.15, 0.2) is 11.5 Å². The van der Waals surface area contributed by atoms with E-state index in [4.69, 9.17) is 5.73 Å². The van der Waals surface area contributed by atoms with Crippen molar-refractivity contribution in [3.63, 3.8) is 0 Å². The molecule has 0 radical (unpaired) electrons. The molecule has 4 nitrogen and oxygen atoms in total. The molecule has 0 fully saturated rings. The van der Waals surface area contributed by atoms with Crippen molar-refractivity contribution in [1.82, 2.24) is 4.98 Å². The van der Waals surface area contributed by atoms with E-state index in [0.717, 1.165) is 6.07 Å². The number of halogens is 3. The van der Waals surface area contributed by atoms with E-state index < -0.39 is 29.6 Å². The SMILES string of the molecule is CCOC(=O)c1nc(C(F)F)c(CN)cc1F.